The van der Waals surface area contributed by atoms with Gasteiger partial charge in [0.15, 0.2) is 24.5 Å². The van der Waals surface area contributed by atoms with Crippen molar-refractivity contribution in [1.82, 2.24) is 4.57 Å². The van der Waals surface area contributed by atoms with E-state index in [4.69, 9.17) is 18.9 Å². The van der Waals surface area contributed by atoms with Gasteiger partial charge in [0.2, 0.25) is 0 Å². The summed E-state index contributed by atoms with van der Waals surface area (Å²) in [6, 6.07) is 13.2. The second-order valence-electron chi connectivity index (χ2n) is 8.46. The molecule has 1 unspecified atom stereocenters. The molecule has 1 N–H and O–H groups in total. The summed E-state index contributed by atoms with van der Waals surface area (Å²) in [6.45, 7) is 3.35. The Balaban J connectivity index is 1.84. The van der Waals surface area contributed by atoms with Gasteiger partial charge in [-0.05, 0) is 17.7 Å². The van der Waals surface area contributed by atoms with Crippen molar-refractivity contribution < 1.29 is 42.8 Å². The van der Waals surface area contributed by atoms with Crippen LogP contribution in [0.5, 0.6) is 0 Å². The van der Waals surface area contributed by atoms with Crippen LogP contribution >= 0.6 is 0 Å². The van der Waals surface area contributed by atoms with Gasteiger partial charge in [0.25, 0.3) is 0 Å². The van der Waals surface area contributed by atoms with Crippen LogP contribution in [0.25, 0.3) is 10.9 Å². The summed E-state index contributed by atoms with van der Waals surface area (Å²) >= 11 is 0. The smallest absolute Gasteiger partial charge is 0.303 e. The van der Waals surface area contributed by atoms with Gasteiger partial charge in [-0.1, -0.05) is 36.4 Å². The maximum absolute atomic E-state index is 15.1. The summed E-state index contributed by atoms with van der Waals surface area (Å²) in [5.41, 5.74) is 1.17. The zero-order valence-electron chi connectivity index (χ0n) is 19.9. The average Bonchev–Trinajstić information content (AvgIpc) is 3.21. The van der Waals surface area contributed by atoms with Crippen LogP contribution in [0, 0.1) is 5.82 Å². The van der Waals surface area contributed by atoms with Crippen molar-refractivity contribution in [2.45, 2.75) is 51.4 Å². The van der Waals surface area contributed by atoms with Crippen molar-refractivity contribution in [2.24, 2.45) is 0 Å². The maximum atomic E-state index is 15.1. The van der Waals surface area contributed by atoms with Gasteiger partial charge >= 0.3 is 17.9 Å². The number of carbonyl (C=O) groups excluding carboxylic acids is 3. The van der Waals surface area contributed by atoms with Gasteiger partial charge in [-0.3, -0.25) is 14.4 Å². The van der Waals surface area contributed by atoms with Crippen LogP contribution in [-0.4, -0.2) is 52.5 Å². The average molecular weight is 499 g/mol. The molecular formula is C26H26FNO8. The number of ether oxygens (including phenoxy) is 4. The van der Waals surface area contributed by atoms with Gasteiger partial charge in [0.05, 0.1) is 12.1 Å². The third-order valence-electron chi connectivity index (χ3n) is 5.84. The molecule has 0 saturated carbocycles. The van der Waals surface area contributed by atoms with Crippen molar-refractivity contribution in [3.8, 4) is 0 Å². The molecule has 0 bridgehead atoms. The molecule has 1 saturated heterocycles. The van der Waals surface area contributed by atoms with Crippen LogP contribution in [-0.2, 0) is 33.3 Å². The first-order chi connectivity index (χ1) is 17.2. The standard InChI is InChI=1S/C26H26FNO8/c1-14(29)34-21-13-33-26(25(36-16(3)31)24(21)35-15(2)30)28-12-18(22-19(27)10-7-11-20(22)28)23(32)17-8-5-4-6-9-17/h4-12,21,23-26,32H,13H2,1-3H3/t21-,23?,24+,25-,26-/m1/s1. The molecule has 1 fully saturated rings. The molecule has 2 aromatic carbocycles. The maximum Gasteiger partial charge on any atom is 0.303 e. The number of halogens is 1. The Morgan fingerprint density at radius 1 is 0.944 bits per heavy atom. The summed E-state index contributed by atoms with van der Waals surface area (Å²) < 4.78 is 38.8. The van der Waals surface area contributed by atoms with E-state index in [1.165, 1.54) is 43.7 Å². The van der Waals surface area contributed by atoms with E-state index in [1.807, 2.05) is 0 Å². The molecular weight excluding hydrogens is 473 g/mol. The van der Waals surface area contributed by atoms with Gasteiger partial charge in [-0.25, -0.2) is 4.39 Å². The molecule has 2 heterocycles. The van der Waals surface area contributed by atoms with E-state index in [-0.39, 0.29) is 17.6 Å². The van der Waals surface area contributed by atoms with Gasteiger partial charge in [0, 0.05) is 37.9 Å². The number of aromatic nitrogens is 1. The number of nitrogens with zero attached hydrogens (tertiary/aromatic N) is 1. The molecule has 0 aliphatic carbocycles. The predicted octanol–water partition coefficient (Wildman–Crippen LogP) is 3.19. The van der Waals surface area contributed by atoms with Crippen molar-refractivity contribution >= 4 is 28.8 Å². The number of hydrogen-bond donors (Lipinski definition) is 1. The number of aliphatic hydroxyl groups is 1. The first-order valence-corrected chi connectivity index (χ1v) is 11.3. The SMILES string of the molecule is CC(=O)O[C@@H]1[C@@H](OC(C)=O)[C@H](OC(C)=O)CO[C@H]1n1cc(C(O)c2ccccc2)c2c(F)cccc21. The quantitative estimate of drug-likeness (QED) is 0.407. The molecule has 9 nitrogen and oxygen atoms in total. The highest BCUT2D eigenvalue weighted by Crippen LogP contribution is 2.38. The highest BCUT2D eigenvalue weighted by Gasteiger charge is 2.48. The zero-order valence-corrected chi connectivity index (χ0v) is 19.9. The number of aliphatic hydroxyl groups excluding tert-OH is 1. The summed E-state index contributed by atoms with van der Waals surface area (Å²) in [4.78, 5) is 35.6. The lowest BCUT2D eigenvalue weighted by atomic mass is 10.0. The molecule has 0 radical (unpaired) electrons. The van der Waals surface area contributed by atoms with Crippen LogP contribution in [0.3, 0.4) is 0 Å². The number of fused-ring (bicyclic) bond motifs is 1. The van der Waals surface area contributed by atoms with E-state index in [1.54, 1.807) is 36.4 Å². The van der Waals surface area contributed by atoms with E-state index < -0.39 is 54.4 Å². The van der Waals surface area contributed by atoms with Crippen molar-refractivity contribution in [2.75, 3.05) is 6.61 Å². The van der Waals surface area contributed by atoms with E-state index in [9.17, 15) is 19.5 Å². The van der Waals surface area contributed by atoms with Crippen molar-refractivity contribution in [3.63, 3.8) is 0 Å². The van der Waals surface area contributed by atoms with Crippen molar-refractivity contribution in [3.05, 3.63) is 71.7 Å². The Morgan fingerprint density at radius 3 is 2.22 bits per heavy atom. The summed E-state index contributed by atoms with van der Waals surface area (Å²) in [6.07, 6.45) is -4.22. The first kappa shape index (κ1) is 25.3. The minimum atomic E-state index is -1.25. The van der Waals surface area contributed by atoms with Gasteiger partial charge < -0.3 is 28.6 Å². The monoisotopic (exact) mass is 499 g/mol. The Kier molecular flexibility index (Phi) is 7.37. The molecule has 1 aliphatic rings. The molecule has 3 aromatic rings. The number of rotatable bonds is 6. The Morgan fingerprint density at radius 2 is 1.58 bits per heavy atom. The van der Waals surface area contributed by atoms with Crippen LogP contribution < -0.4 is 0 Å². The summed E-state index contributed by atoms with van der Waals surface area (Å²) in [5, 5.41) is 11.3. The Bertz CT molecular complexity index is 1270. The molecule has 4 rings (SSSR count). The fraction of sp³-hybridized carbons (Fsp3) is 0.346. The number of esters is 3. The topological polar surface area (TPSA) is 113 Å². The van der Waals surface area contributed by atoms with Crippen LogP contribution in [0.2, 0.25) is 0 Å². The number of hydrogen-bond acceptors (Lipinski definition) is 8. The van der Waals surface area contributed by atoms with Crippen LogP contribution in [0.1, 0.15) is 44.2 Å². The highest BCUT2D eigenvalue weighted by molar-refractivity contribution is 5.85. The van der Waals surface area contributed by atoms with Crippen molar-refractivity contribution in [1.29, 1.82) is 0 Å². The summed E-state index contributed by atoms with van der Waals surface area (Å²) in [5.74, 6) is -2.58. The molecule has 1 aromatic heterocycles. The largest absolute Gasteiger partial charge is 0.456 e. The predicted molar refractivity (Wildman–Crippen MR) is 124 cm³/mol. The van der Waals surface area contributed by atoms with Gasteiger partial charge in [-0.15, -0.1) is 0 Å². The van der Waals surface area contributed by atoms with E-state index in [0.717, 1.165) is 0 Å². The lowest BCUT2D eigenvalue weighted by Gasteiger charge is -2.41. The molecule has 0 spiro atoms. The first-order valence-electron chi connectivity index (χ1n) is 11.3. The zero-order chi connectivity index (χ0) is 26.0. The van der Waals surface area contributed by atoms with E-state index in [0.29, 0.717) is 11.1 Å². The lowest BCUT2D eigenvalue weighted by molar-refractivity contribution is -0.239. The molecule has 5 atom stereocenters. The minimum Gasteiger partial charge on any atom is -0.456 e. The molecule has 10 heteroatoms. The van der Waals surface area contributed by atoms with Crippen LogP contribution in [0.4, 0.5) is 4.39 Å². The highest BCUT2D eigenvalue weighted by atomic mass is 19.1. The molecule has 0 amide bonds. The fourth-order valence-corrected chi connectivity index (χ4v) is 4.49. The third kappa shape index (κ3) is 5.09. The Hall–Kier alpha value is -3.76. The second kappa shape index (κ2) is 10.5. The van der Waals surface area contributed by atoms with E-state index in [2.05, 4.69) is 0 Å². The summed E-state index contributed by atoms with van der Waals surface area (Å²) in [7, 11) is 0. The van der Waals surface area contributed by atoms with Crippen LogP contribution in [0.15, 0.2) is 54.7 Å². The second-order valence-corrected chi connectivity index (χ2v) is 8.46. The minimum absolute atomic E-state index is 0.158. The fourth-order valence-electron chi connectivity index (χ4n) is 4.49. The van der Waals surface area contributed by atoms with Gasteiger partial charge in [-0.2, -0.15) is 0 Å². The Labute approximate surface area is 206 Å². The molecule has 190 valence electrons. The normalized spacial score (nSPS) is 22.6. The number of benzene rings is 2. The van der Waals surface area contributed by atoms with E-state index >= 15 is 4.39 Å². The molecule has 1 aliphatic heterocycles. The third-order valence-corrected chi connectivity index (χ3v) is 5.84. The molecule has 36 heavy (non-hydrogen) atoms. The number of carbonyl (C=O) groups is 3. The van der Waals surface area contributed by atoms with Gasteiger partial charge in [0.1, 0.15) is 11.9 Å². The lowest BCUT2D eigenvalue weighted by Crippen LogP contribution is -2.55.